The van der Waals surface area contributed by atoms with Crippen molar-refractivity contribution in [2.24, 2.45) is 0 Å². The van der Waals surface area contributed by atoms with Crippen LogP contribution >= 0.6 is 0 Å². The molecule has 3 rings (SSSR count). The Kier molecular flexibility index (Phi) is 4.92. The van der Waals surface area contributed by atoms with Crippen molar-refractivity contribution >= 4 is 23.5 Å². The standard InChI is InChI=1S/C18H24N4O3/c1-12-4-3-5-15(13(12)2)21-8-10-22(11-9-21)16(23)7-6-14-17(24)20-18(25)19-14/h3-5,14H,6-11H2,1-2H3,(H2,19,20,24,25)/t14-/m0/s1. The smallest absolute Gasteiger partial charge is 0.322 e. The minimum atomic E-state index is -0.590. The Balaban J connectivity index is 1.50. The molecule has 0 radical (unpaired) electrons. The Bertz CT molecular complexity index is 696. The second kappa shape index (κ2) is 7.13. The predicted molar refractivity (Wildman–Crippen MR) is 94.4 cm³/mol. The number of hydrogen-bond acceptors (Lipinski definition) is 4. The van der Waals surface area contributed by atoms with Gasteiger partial charge in [-0.05, 0) is 37.5 Å². The summed E-state index contributed by atoms with van der Waals surface area (Å²) in [7, 11) is 0. The summed E-state index contributed by atoms with van der Waals surface area (Å²) in [4.78, 5) is 39.1. The maximum Gasteiger partial charge on any atom is 0.322 e. The van der Waals surface area contributed by atoms with Gasteiger partial charge < -0.3 is 15.1 Å². The molecule has 0 aliphatic carbocycles. The molecule has 25 heavy (non-hydrogen) atoms. The predicted octanol–water partition coefficient (Wildman–Crippen LogP) is 0.940. The van der Waals surface area contributed by atoms with Gasteiger partial charge in [-0.15, -0.1) is 0 Å². The number of anilines is 1. The van der Waals surface area contributed by atoms with Gasteiger partial charge in [0.1, 0.15) is 6.04 Å². The minimum absolute atomic E-state index is 0.0366. The number of rotatable bonds is 4. The first-order valence-electron chi connectivity index (χ1n) is 8.66. The highest BCUT2D eigenvalue weighted by molar-refractivity contribution is 6.04. The second-order valence-electron chi connectivity index (χ2n) is 6.64. The van der Waals surface area contributed by atoms with Crippen molar-refractivity contribution in [3.63, 3.8) is 0 Å². The third-order valence-electron chi connectivity index (χ3n) is 5.05. The Morgan fingerprint density at radius 3 is 2.52 bits per heavy atom. The molecule has 0 aromatic heterocycles. The fourth-order valence-corrected chi connectivity index (χ4v) is 3.36. The summed E-state index contributed by atoms with van der Waals surface area (Å²) < 4.78 is 0. The monoisotopic (exact) mass is 344 g/mol. The van der Waals surface area contributed by atoms with E-state index in [-0.39, 0.29) is 18.2 Å². The van der Waals surface area contributed by atoms with Crippen molar-refractivity contribution in [3.05, 3.63) is 29.3 Å². The van der Waals surface area contributed by atoms with Crippen molar-refractivity contribution in [1.29, 1.82) is 0 Å². The number of nitrogens with zero attached hydrogens (tertiary/aromatic N) is 2. The average molecular weight is 344 g/mol. The van der Waals surface area contributed by atoms with E-state index in [4.69, 9.17) is 0 Å². The first-order valence-corrected chi connectivity index (χ1v) is 8.66. The van der Waals surface area contributed by atoms with Gasteiger partial charge in [0.2, 0.25) is 5.91 Å². The van der Waals surface area contributed by atoms with E-state index in [2.05, 4.69) is 47.6 Å². The fraction of sp³-hybridized carbons (Fsp3) is 0.500. The first-order chi connectivity index (χ1) is 12.0. The molecule has 7 nitrogen and oxygen atoms in total. The zero-order valence-electron chi connectivity index (χ0n) is 14.7. The van der Waals surface area contributed by atoms with Gasteiger partial charge in [0.15, 0.2) is 0 Å². The zero-order valence-corrected chi connectivity index (χ0v) is 14.7. The van der Waals surface area contributed by atoms with Gasteiger partial charge >= 0.3 is 6.03 Å². The van der Waals surface area contributed by atoms with Crippen LogP contribution in [-0.4, -0.2) is 55.0 Å². The number of amides is 4. The van der Waals surface area contributed by atoms with E-state index in [1.165, 1.54) is 16.8 Å². The molecule has 2 aliphatic heterocycles. The number of piperazine rings is 1. The molecule has 1 aromatic rings. The van der Waals surface area contributed by atoms with Crippen LogP contribution in [0.5, 0.6) is 0 Å². The third-order valence-corrected chi connectivity index (χ3v) is 5.05. The van der Waals surface area contributed by atoms with Crippen molar-refractivity contribution < 1.29 is 14.4 Å². The fourth-order valence-electron chi connectivity index (χ4n) is 3.36. The molecule has 0 saturated carbocycles. The molecular weight excluding hydrogens is 320 g/mol. The lowest BCUT2D eigenvalue weighted by atomic mass is 10.1. The summed E-state index contributed by atoms with van der Waals surface area (Å²) in [5.74, 6) is -0.313. The van der Waals surface area contributed by atoms with Crippen LogP contribution in [0.25, 0.3) is 0 Å². The number of urea groups is 1. The Labute approximate surface area is 147 Å². The van der Waals surface area contributed by atoms with Crippen LogP contribution in [0.4, 0.5) is 10.5 Å². The van der Waals surface area contributed by atoms with Gasteiger partial charge in [-0.2, -0.15) is 0 Å². The van der Waals surface area contributed by atoms with E-state index in [1.807, 2.05) is 4.90 Å². The topological polar surface area (TPSA) is 81.8 Å². The number of carbonyl (C=O) groups is 3. The van der Waals surface area contributed by atoms with Gasteiger partial charge in [-0.25, -0.2) is 4.79 Å². The molecule has 0 spiro atoms. The highest BCUT2D eigenvalue weighted by Crippen LogP contribution is 2.24. The van der Waals surface area contributed by atoms with E-state index < -0.39 is 12.1 Å². The number of hydrogen-bond donors (Lipinski definition) is 2. The lowest BCUT2D eigenvalue weighted by molar-refractivity contribution is -0.131. The summed E-state index contributed by atoms with van der Waals surface area (Å²) in [6.45, 7) is 7.19. The van der Waals surface area contributed by atoms with Crippen molar-refractivity contribution in [3.8, 4) is 0 Å². The third kappa shape index (κ3) is 3.75. The normalized spacial score (nSPS) is 20.5. The van der Waals surface area contributed by atoms with Crippen LogP contribution in [-0.2, 0) is 9.59 Å². The number of carbonyl (C=O) groups excluding carboxylic acids is 3. The Hall–Kier alpha value is -2.57. The molecule has 2 aliphatic rings. The van der Waals surface area contributed by atoms with E-state index in [0.29, 0.717) is 19.5 Å². The number of imide groups is 1. The molecule has 2 N–H and O–H groups in total. The van der Waals surface area contributed by atoms with Crippen LogP contribution < -0.4 is 15.5 Å². The van der Waals surface area contributed by atoms with Crippen LogP contribution in [0, 0.1) is 13.8 Å². The van der Waals surface area contributed by atoms with E-state index in [1.54, 1.807) is 0 Å². The van der Waals surface area contributed by atoms with Gasteiger partial charge in [0.05, 0.1) is 0 Å². The maximum atomic E-state index is 12.4. The van der Waals surface area contributed by atoms with Crippen molar-refractivity contribution in [2.45, 2.75) is 32.7 Å². The van der Waals surface area contributed by atoms with Gasteiger partial charge in [-0.1, -0.05) is 12.1 Å². The molecule has 7 heteroatoms. The molecule has 0 bridgehead atoms. The molecule has 2 heterocycles. The van der Waals surface area contributed by atoms with Gasteiger partial charge in [-0.3, -0.25) is 14.9 Å². The summed E-state index contributed by atoms with van der Waals surface area (Å²) >= 11 is 0. The Morgan fingerprint density at radius 2 is 1.88 bits per heavy atom. The van der Waals surface area contributed by atoms with Gasteiger partial charge in [0, 0.05) is 38.3 Å². The summed E-state index contributed by atoms with van der Waals surface area (Å²) in [6, 6.07) is 5.23. The number of aryl methyl sites for hydroxylation is 1. The molecular formula is C18H24N4O3. The molecule has 134 valence electrons. The number of benzene rings is 1. The summed E-state index contributed by atoms with van der Waals surface area (Å²) in [5, 5.41) is 4.71. The average Bonchev–Trinajstić information content (AvgIpc) is 2.93. The zero-order chi connectivity index (χ0) is 18.0. The first kappa shape index (κ1) is 17.3. The van der Waals surface area contributed by atoms with E-state index >= 15 is 0 Å². The highest BCUT2D eigenvalue weighted by Gasteiger charge is 2.30. The largest absolute Gasteiger partial charge is 0.368 e. The lowest BCUT2D eigenvalue weighted by Gasteiger charge is -2.37. The van der Waals surface area contributed by atoms with E-state index in [0.717, 1.165) is 13.1 Å². The van der Waals surface area contributed by atoms with Crippen molar-refractivity contribution in [2.75, 3.05) is 31.1 Å². The molecule has 1 aromatic carbocycles. The lowest BCUT2D eigenvalue weighted by Crippen LogP contribution is -2.49. The van der Waals surface area contributed by atoms with Gasteiger partial charge in [0.25, 0.3) is 5.91 Å². The second-order valence-corrected chi connectivity index (χ2v) is 6.64. The van der Waals surface area contributed by atoms with Crippen LogP contribution in [0.2, 0.25) is 0 Å². The Morgan fingerprint density at radius 1 is 1.16 bits per heavy atom. The highest BCUT2D eigenvalue weighted by atomic mass is 16.2. The summed E-state index contributed by atoms with van der Waals surface area (Å²) in [6.07, 6.45) is 0.607. The van der Waals surface area contributed by atoms with Crippen LogP contribution in [0.1, 0.15) is 24.0 Å². The SMILES string of the molecule is Cc1cccc(N2CCN(C(=O)CC[C@@H]3NC(=O)NC3=O)CC2)c1C. The maximum absolute atomic E-state index is 12.4. The van der Waals surface area contributed by atoms with E-state index in [9.17, 15) is 14.4 Å². The molecule has 2 saturated heterocycles. The molecule has 0 unspecified atom stereocenters. The molecule has 1 atom stereocenters. The summed E-state index contributed by atoms with van der Waals surface area (Å²) in [5.41, 5.74) is 3.79. The minimum Gasteiger partial charge on any atom is -0.368 e. The molecule has 4 amide bonds. The van der Waals surface area contributed by atoms with Crippen LogP contribution in [0.15, 0.2) is 18.2 Å². The quantitative estimate of drug-likeness (QED) is 0.797. The number of nitrogens with one attached hydrogen (secondary N) is 2. The van der Waals surface area contributed by atoms with Crippen LogP contribution in [0.3, 0.4) is 0 Å². The van der Waals surface area contributed by atoms with Crippen molar-refractivity contribution in [1.82, 2.24) is 15.5 Å². The molecule has 2 fully saturated rings.